The number of hydrogen-bond donors (Lipinski definition) is 2. The highest BCUT2D eigenvalue weighted by Crippen LogP contribution is 2.62. The van der Waals surface area contributed by atoms with Crippen LogP contribution in [-0.4, -0.2) is 81.7 Å². The standard InChI is InChI=1S/C50H63N3O9S/c1-7-27-52(46(56)26-17-34-15-18-36(19-16-34)53(57)58)45-33-43(51-62-49(3,4)5)41-31-35(13-9-11-28-54)40(14-10-12-29-55)47-42-32-38(60-37-20-23-39(63-6)24-21-37)22-25-44(42)61-50(45,48(41)47)59-30-8-2/h8,15-26,31-32,35,40,45,47-48,54-55H,2,7,9-14,27-30,33H2,1,3-6H3. The molecule has 6 atom stereocenters. The molecule has 1 heterocycles. The van der Waals surface area contributed by atoms with Crippen molar-refractivity contribution in [3.63, 3.8) is 0 Å². The van der Waals surface area contributed by atoms with Gasteiger partial charge in [-0.25, -0.2) is 0 Å². The molecule has 63 heavy (non-hydrogen) atoms. The topological polar surface area (TPSA) is 153 Å². The van der Waals surface area contributed by atoms with E-state index in [0.717, 1.165) is 41.7 Å². The van der Waals surface area contributed by atoms with Crippen molar-refractivity contribution in [3.05, 3.63) is 118 Å². The highest BCUT2D eigenvalue weighted by Gasteiger charge is 2.65. The summed E-state index contributed by atoms with van der Waals surface area (Å²) in [7, 11) is 0. The summed E-state index contributed by atoms with van der Waals surface area (Å²) in [5.74, 6) is -0.238. The maximum atomic E-state index is 14.7. The number of rotatable bonds is 21. The van der Waals surface area contributed by atoms with Gasteiger partial charge in [-0.15, -0.1) is 18.3 Å². The molecule has 1 fully saturated rings. The van der Waals surface area contributed by atoms with Crippen molar-refractivity contribution < 1.29 is 39.0 Å². The minimum atomic E-state index is -1.41. The van der Waals surface area contributed by atoms with Crippen LogP contribution in [0.25, 0.3) is 6.08 Å². The van der Waals surface area contributed by atoms with Gasteiger partial charge in [-0.2, -0.15) is 0 Å². The smallest absolute Gasteiger partial charge is 0.269 e. The Morgan fingerprint density at radius 1 is 1.03 bits per heavy atom. The Hall–Kier alpha value is -4.95. The maximum absolute atomic E-state index is 14.7. The molecule has 3 aliphatic rings. The van der Waals surface area contributed by atoms with Crippen LogP contribution in [0.15, 0.2) is 107 Å². The third kappa shape index (κ3) is 11.2. The van der Waals surface area contributed by atoms with E-state index in [1.54, 1.807) is 36.0 Å². The number of nitrogens with zero attached hydrogens (tertiary/aromatic N) is 3. The van der Waals surface area contributed by atoms with E-state index >= 15 is 0 Å². The van der Waals surface area contributed by atoms with Crippen LogP contribution in [0.3, 0.4) is 0 Å². The van der Waals surface area contributed by atoms with E-state index < -0.39 is 28.3 Å². The second-order valence-corrected chi connectivity index (χ2v) is 18.3. The first kappa shape index (κ1) is 47.5. The van der Waals surface area contributed by atoms with Crippen LogP contribution >= 0.6 is 11.8 Å². The molecule has 3 aromatic rings. The lowest BCUT2D eigenvalue weighted by atomic mass is 9.55. The third-order valence-corrected chi connectivity index (χ3v) is 12.8. The Bertz CT molecular complexity index is 2130. The van der Waals surface area contributed by atoms with E-state index in [1.807, 2.05) is 75.2 Å². The third-order valence-electron chi connectivity index (χ3n) is 12.0. The van der Waals surface area contributed by atoms with Crippen LogP contribution < -0.4 is 9.47 Å². The number of aliphatic hydroxyl groups excluding tert-OH is 2. The second-order valence-electron chi connectivity index (χ2n) is 17.5. The molecule has 1 aliphatic heterocycles. The first-order valence-electron chi connectivity index (χ1n) is 22.2. The average Bonchev–Trinajstić information content (AvgIpc) is 3.27. The molecule has 2 N–H and O–H groups in total. The highest BCUT2D eigenvalue weighted by atomic mass is 32.2. The lowest BCUT2D eigenvalue weighted by Crippen LogP contribution is -2.70. The van der Waals surface area contributed by atoms with Crippen molar-refractivity contribution in [2.24, 2.45) is 22.9 Å². The number of unbranched alkanes of at least 4 members (excludes halogenated alkanes) is 2. The number of carbonyl (C=O) groups is 1. The Morgan fingerprint density at radius 3 is 2.37 bits per heavy atom. The number of ether oxygens (including phenoxy) is 3. The molecule has 13 heteroatoms. The van der Waals surface area contributed by atoms with Gasteiger partial charge in [0.2, 0.25) is 11.7 Å². The number of thioether (sulfide) groups is 1. The largest absolute Gasteiger partial charge is 0.459 e. The number of benzene rings is 3. The van der Waals surface area contributed by atoms with Gasteiger partial charge < -0.3 is 34.2 Å². The predicted octanol–water partition coefficient (Wildman–Crippen LogP) is 10.5. The second kappa shape index (κ2) is 21.6. The van der Waals surface area contributed by atoms with Crippen molar-refractivity contribution in [2.75, 3.05) is 32.6 Å². The van der Waals surface area contributed by atoms with E-state index in [4.69, 9.17) is 24.2 Å². The van der Waals surface area contributed by atoms with Gasteiger partial charge in [0.1, 0.15) is 28.9 Å². The summed E-state index contributed by atoms with van der Waals surface area (Å²) < 4.78 is 21.0. The molecule has 0 radical (unpaired) electrons. The van der Waals surface area contributed by atoms with Crippen LogP contribution in [-0.2, 0) is 14.4 Å². The fraction of sp³-hybridized carbons (Fsp3) is 0.480. The van der Waals surface area contributed by atoms with Gasteiger partial charge in [0.25, 0.3) is 5.69 Å². The fourth-order valence-electron chi connectivity index (χ4n) is 9.31. The van der Waals surface area contributed by atoms with E-state index in [9.17, 15) is 25.1 Å². The molecule has 0 spiro atoms. The molecule has 3 aromatic carbocycles. The summed E-state index contributed by atoms with van der Waals surface area (Å²) in [5, 5.41) is 36.2. The number of carbonyl (C=O) groups excluding carboxylic acids is 1. The first-order valence-corrected chi connectivity index (χ1v) is 23.4. The van der Waals surface area contributed by atoms with Crippen molar-refractivity contribution in [3.8, 4) is 17.2 Å². The van der Waals surface area contributed by atoms with Crippen molar-refractivity contribution >= 4 is 35.1 Å². The van der Waals surface area contributed by atoms with E-state index in [2.05, 4.69) is 18.7 Å². The summed E-state index contributed by atoms with van der Waals surface area (Å²) in [4.78, 5) is 34.8. The Balaban J connectivity index is 1.56. The van der Waals surface area contributed by atoms with Gasteiger partial charge in [0.05, 0.1) is 23.2 Å². The summed E-state index contributed by atoms with van der Waals surface area (Å²) in [5.41, 5.74) is 2.63. The lowest BCUT2D eigenvalue weighted by molar-refractivity contribution is -0.384. The zero-order chi connectivity index (χ0) is 45.1. The van der Waals surface area contributed by atoms with Crippen molar-refractivity contribution in [2.45, 2.75) is 107 Å². The van der Waals surface area contributed by atoms with Gasteiger partial charge >= 0.3 is 0 Å². The Kier molecular flexibility index (Phi) is 16.3. The number of aliphatic hydroxyl groups is 2. The van der Waals surface area contributed by atoms with Gasteiger partial charge in [0.15, 0.2) is 0 Å². The predicted molar refractivity (Wildman–Crippen MR) is 248 cm³/mol. The molecule has 338 valence electrons. The molecule has 0 bridgehead atoms. The van der Waals surface area contributed by atoms with Crippen LogP contribution in [0.2, 0.25) is 0 Å². The summed E-state index contributed by atoms with van der Waals surface area (Å²) in [6.07, 6.45) is 14.7. The summed E-state index contributed by atoms with van der Waals surface area (Å²) in [6.45, 7) is 12.6. The van der Waals surface area contributed by atoms with Crippen LogP contribution in [0.1, 0.15) is 96.1 Å². The minimum Gasteiger partial charge on any atom is -0.459 e. The van der Waals surface area contributed by atoms with Crippen LogP contribution in [0.4, 0.5) is 5.69 Å². The number of hydrogen-bond acceptors (Lipinski definition) is 11. The minimum absolute atomic E-state index is 0.0340. The fourth-order valence-corrected chi connectivity index (χ4v) is 9.72. The molecule has 12 nitrogen and oxygen atoms in total. The number of non-ortho nitro benzene ring substituents is 1. The quantitative estimate of drug-likeness (QED) is 0.0264. The monoisotopic (exact) mass is 881 g/mol. The van der Waals surface area contributed by atoms with Crippen molar-refractivity contribution in [1.29, 1.82) is 0 Å². The number of allylic oxidation sites excluding steroid dienone is 1. The maximum Gasteiger partial charge on any atom is 0.269 e. The molecule has 1 saturated carbocycles. The normalized spacial score (nSPS) is 23.3. The number of oxime groups is 1. The van der Waals surface area contributed by atoms with Crippen molar-refractivity contribution in [1.82, 2.24) is 4.90 Å². The number of nitro benzene ring substituents is 1. The highest BCUT2D eigenvalue weighted by molar-refractivity contribution is 7.98. The van der Waals surface area contributed by atoms with Gasteiger partial charge in [-0.1, -0.05) is 37.1 Å². The molecule has 6 rings (SSSR count). The van der Waals surface area contributed by atoms with E-state index in [-0.39, 0.29) is 55.6 Å². The molecule has 2 aliphatic carbocycles. The molecule has 0 saturated heterocycles. The SMILES string of the molecule is C=CCOC12Oc3ccc(Oc4ccc(SC)cc4)cc3C3C(CCCCO)C(CCCCO)C=C(C(=NOC(C)(C)C)CC1N(CCC)C(=O)C=Cc1ccc([N+](=O)[O-])cc1)C32. The van der Waals surface area contributed by atoms with Gasteiger partial charge in [0, 0.05) is 60.8 Å². The summed E-state index contributed by atoms with van der Waals surface area (Å²) in [6, 6.07) is 19.3. The van der Waals surface area contributed by atoms with Gasteiger partial charge in [-0.05, 0) is 143 Å². The van der Waals surface area contributed by atoms with E-state index in [0.29, 0.717) is 54.3 Å². The molecular weight excluding hydrogens is 819 g/mol. The zero-order valence-corrected chi connectivity index (χ0v) is 38.1. The van der Waals surface area contributed by atoms with Crippen LogP contribution in [0, 0.1) is 27.9 Å². The first-order chi connectivity index (χ1) is 30.4. The van der Waals surface area contributed by atoms with Crippen LogP contribution in [0.5, 0.6) is 17.2 Å². The average molecular weight is 882 g/mol. The number of amides is 1. The molecule has 6 unspecified atom stereocenters. The Morgan fingerprint density at radius 2 is 1.73 bits per heavy atom. The molecule has 0 aromatic heterocycles. The molecular formula is C50H63N3O9S. The summed E-state index contributed by atoms with van der Waals surface area (Å²) >= 11 is 1.67. The van der Waals surface area contributed by atoms with Gasteiger partial charge in [-0.3, -0.25) is 14.9 Å². The lowest BCUT2D eigenvalue weighted by Gasteiger charge is -2.60. The number of fused-ring (bicyclic) bond motifs is 2. The molecule has 1 amide bonds. The Labute approximate surface area is 376 Å². The zero-order valence-electron chi connectivity index (χ0n) is 37.2. The van der Waals surface area contributed by atoms with E-state index in [1.165, 1.54) is 18.2 Å². The number of nitro groups is 1.